The number of nitrogens with zero attached hydrogens (tertiary/aromatic N) is 2. The predicted octanol–water partition coefficient (Wildman–Crippen LogP) is -0.258. The number of ether oxygens (including phenoxy) is 2. The first kappa shape index (κ1) is 37.6. The molecule has 0 radical (unpaired) electrons. The zero-order chi connectivity index (χ0) is 33.4. The van der Waals surface area contributed by atoms with Crippen LogP contribution in [0.4, 0.5) is 5.82 Å². The molecule has 2 unspecified atom stereocenters. The Hall–Kier alpha value is -1.86. The van der Waals surface area contributed by atoms with Crippen LogP contribution in [0.25, 0.3) is 0 Å². The zero-order valence-corrected chi connectivity index (χ0v) is 26.5. The second kappa shape index (κ2) is 16.3. The van der Waals surface area contributed by atoms with Gasteiger partial charge >= 0.3 is 29.2 Å². The van der Waals surface area contributed by atoms with Gasteiger partial charge in [0.25, 0.3) is 0 Å². The molecule has 256 valence electrons. The summed E-state index contributed by atoms with van der Waals surface area (Å²) < 4.78 is 57.8. The normalized spacial score (nSPS) is 27.6. The molecular weight excluding hydrogens is 669 g/mol. The summed E-state index contributed by atoms with van der Waals surface area (Å²) in [4.78, 5) is 64.5. The quantitative estimate of drug-likeness (QED) is 0.0662. The van der Waals surface area contributed by atoms with Gasteiger partial charge < -0.3 is 50.3 Å². The van der Waals surface area contributed by atoms with Gasteiger partial charge in [-0.2, -0.15) is 13.6 Å². The van der Waals surface area contributed by atoms with Crippen LogP contribution in [0.15, 0.2) is 23.1 Å². The van der Waals surface area contributed by atoms with Crippen molar-refractivity contribution < 1.29 is 70.9 Å². The average molecular weight is 706 g/mol. The van der Waals surface area contributed by atoms with E-state index in [0.29, 0.717) is 12.0 Å². The van der Waals surface area contributed by atoms with Crippen molar-refractivity contribution in [3.05, 3.63) is 34.4 Å². The van der Waals surface area contributed by atoms with Gasteiger partial charge in [-0.1, -0.05) is 12.2 Å². The number of hydrogen-bond acceptors (Lipinski definition) is 14. The van der Waals surface area contributed by atoms with Gasteiger partial charge in [0.2, 0.25) is 5.91 Å². The van der Waals surface area contributed by atoms with E-state index in [-0.39, 0.29) is 37.4 Å². The molecule has 1 aromatic heterocycles. The number of nitrogens with one attached hydrogen (secondary N) is 1. The van der Waals surface area contributed by atoms with Crippen LogP contribution < -0.4 is 16.7 Å². The van der Waals surface area contributed by atoms with Crippen molar-refractivity contribution in [3.63, 3.8) is 0 Å². The lowest BCUT2D eigenvalue weighted by atomic mass is 10.0. The summed E-state index contributed by atoms with van der Waals surface area (Å²) in [6.45, 7) is -0.896. The molecule has 0 saturated carbocycles. The minimum absolute atomic E-state index is 0.0150. The van der Waals surface area contributed by atoms with E-state index < -0.39 is 60.3 Å². The van der Waals surface area contributed by atoms with Crippen molar-refractivity contribution in [2.24, 2.45) is 0 Å². The van der Waals surface area contributed by atoms with Crippen LogP contribution >= 0.6 is 23.5 Å². The van der Waals surface area contributed by atoms with E-state index in [2.05, 4.69) is 35.6 Å². The van der Waals surface area contributed by atoms with Crippen LogP contribution in [0.5, 0.6) is 0 Å². The Kier molecular flexibility index (Phi) is 13.6. The fraction of sp³-hybridized carbons (Fsp3) is 0.682. The fourth-order valence-electron chi connectivity index (χ4n) is 4.51. The maximum absolute atomic E-state index is 12.5. The van der Waals surface area contributed by atoms with E-state index in [1.165, 1.54) is 6.20 Å². The molecule has 45 heavy (non-hydrogen) atoms. The largest absolute Gasteiger partial charge is 0.490 e. The average Bonchev–Trinajstić information content (AvgIpc) is 3.17. The Bertz CT molecular complexity index is 1400. The van der Waals surface area contributed by atoms with Crippen molar-refractivity contribution in [1.82, 2.24) is 14.9 Å². The number of phosphoric acid groups is 3. The number of aryl methyl sites for hydroxylation is 1. The highest BCUT2D eigenvalue weighted by atomic mass is 31.3. The fourth-order valence-corrected chi connectivity index (χ4v) is 7.54. The molecule has 1 fully saturated rings. The van der Waals surface area contributed by atoms with Crippen molar-refractivity contribution >= 4 is 35.2 Å². The molecule has 1 aromatic rings. The maximum Gasteiger partial charge on any atom is 0.490 e. The van der Waals surface area contributed by atoms with Crippen LogP contribution in [0, 0.1) is 0 Å². The molecule has 1 amide bonds. The molecule has 20 nitrogen and oxygen atoms in total. The highest BCUT2D eigenvalue weighted by Gasteiger charge is 2.47. The van der Waals surface area contributed by atoms with Crippen LogP contribution in [0.1, 0.15) is 50.3 Å². The second-order valence-electron chi connectivity index (χ2n) is 10.1. The molecule has 0 aromatic carbocycles. The number of carbonyl (C=O) groups is 1. The van der Waals surface area contributed by atoms with E-state index in [0.717, 1.165) is 36.7 Å². The second-order valence-corrected chi connectivity index (χ2v) is 14.6. The van der Waals surface area contributed by atoms with Crippen molar-refractivity contribution in [3.8, 4) is 0 Å². The number of nitrogen functional groups attached to an aromatic ring is 1. The molecule has 1 saturated heterocycles. The number of allylic oxidation sites excluding steroid dienone is 2. The Balaban J connectivity index is 1.53. The molecule has 1 aliphatic carbocycles. The lowest BCUT2D eigenvalue weighted by molar-refractivity contribution is -0.128. The lowest BCUT2D eigenvalue weighted by Gasteiger charge is -2.19. The summed E-state index contributed by atoms with van der Waals surface area (Å²) >= 11 is 0. The Morgan fingerprint density at radius 3 is 2.49 bits per heavy atom. The zero-order valence-electron chi connectivity index (χ0n) is 23.8. The van der Waals surface area contributed by atoms with E-state index in [1.807, 2.05) is 0 Å². The Morgan fingerprint density at radius 1 is 1.07 bits per heavy atom. The third-order valence-corrected chi connectivity index (χ3v) is 10.4. The van der Waals surface area contributed by atoms with Crippen LogP contribution in [-0.2, 0) is 47.5 Å². The number of nitrogens with two attached hydrogens (primary N) is 1. The first-order chi connectivity index (χ1) is 21.0. The van der Waals surface area contributed by atoms with E-state index in [9.17, 15) is 43.3 Å². The molecule has 7 atom stereocenters. The minimum atomic E-state index is -5.78. The van der Waals surface area contributed by atoms with Crippen molar-refractivity contribution in [2.75, 3.05) is 25.5 Å². The predicted molar refractivity (Wildman–Crippen MR) is 152 cm³/mol. The van der Waals surface area contributed by atoms with Gasteiger partial charge in [-0.05, 0) is 44.9 Å². The number of aliphatic hydroxyl groups excluding tert-OH is 2. The van der Waals surface area contributed by atoms with Gasteiger partial charge in [-0.25, -0.2) is 18.5 Å². The summed E-state index contributed by atoms with van der Waals surface area (Å²) in [5, 5.41) is 23.6. The summed E-state index contributed by atoms with van der Waals surface area (Å²) in [5.41, 5.74) is 5.24. The molecule has 2 heterocycles. The number of rotatable bonds is 15. The van der Waals surface area contributed by atoms with Crippen LogP contribution in [-0.4, -0.2) is 89.4 Å². The third kappa shape index (κ3) is 12.4. The number of anilines is 1. The number of aliphatic hydroxyl groups is 2. The molecule has 0 bridgehead atoms. The summed E-state index contributed by atoms with van der Waals surface area (Å²) in [5.74, 6) is -0.413. The molecule has 2 aliphatic rings. The van der Waals surface area contributed by atoms with Gasteiger partial charge in [0.05, 0.1) is 12.7 Å². The first-order valence-corrected chi connectivity index (χ1v) is 18.2. The van der Waals surface area contributed by atoms with Crippen molar-refractivity contribution in [2.45, 2.75) is 75.6 Å². The number of aromatic nitrogens is 2. The van der Waals surface area contributed by atoms with Gasteiger partial charge in [-0.3, -0.25) is 13.9 Å². The number of hydrogen-bond donors (Lipinski definition) is 8. The van der Waals surface area contributed by atoms with E-state index in [1.54, 1.807) is 0 Å². The van der Waals surface area contributed by atoms with Crippen LogP contribution in [0.2, 0.25) is 0 Å². The van der Waals surface area contributed by atoms with Crippen molar-refractivity contribution in [1.29, 1.82) is 0 Å². The standard InChI is InChI=1S/C22H37N4O16P3/c23-20-14(7-6-10-24-17(27)13-38-15-8-4-2-1-3-5-9-15)11-26(22(30)25-20)21-19(29)18(28)16(40-21)12-39-44(34,35)42-45(36,37)41-43(31,32)33/h1-2,11,15-16,18-19,21,28-29H,3-10,12-13H2,(H,24,27)(H,34,35)(H,36,37)(H2,23,25,30)(H2,31,32,33)/b2-1-/t15-,16+,18+,19+,21+/m0/s1. The van der Waals surface area contributed by atoms with E-state index in [4.69, 9.17) is 25.0 Å². The van der Waals surface area contributed by atoms with E-state index >= 15 is 0 Å². The number of carbonyl (C=O) groups excluding carboxylic acids is 1. The van der Waals surface area contributed by atoms with Crippen LogP contribution in [0.3, 0.4) is 0 Å². The highest BCUT2D eigenvalue weighted by molar-refractivity contribution is 7.66. The lowest BCUT2D eigenvalue weighted by Crippen LogP contribution is -2.36. The van der Waals surface area contributed by atoms with Gasteiger partial charge in [0, 0.05) is 18.3 Å². The Morgan fingerprint density at radius 2 is 1.78 bits per heavy atom. The maximum atomic E-state index is 12.5. The van der Waals surface area contributed by atoms with Gasteiger partial charge in [0.15, 0.2) is 6.23 Å². The molecular formula is C22H37N4O16P3. The number of amides is 1. The summed E-state index contributed by atoms with van der Waals surface area (Å²) in [6.07, 6.45) is 3.87. The SMILES string of the molecule is Nc1nc(=O)n([C@@H]2O[C@H](COP(=O)(O)OP(=O)(O)OP(=O)(O)O)[C@@H](O)[C@H]2O)cc1CCCNC(=O)CO[C@H]1CC/C=C\CCC1. The smallest absolute Gasteiger partial charge is 0.387 e. The monoisotopic (exact) mass is 706 g/mol. The summed E-state index contributed by atoms with van der Waals surface area (Å²) in [7, 11) is -16.9. The van der Waals surface area contributed by atoms with Gasteiger partial charge in [-0.15, -0.1) is 0 Å². The highest BCUT2D eigenvalue weighted by Crippen LogP contribution is 2.66. The minimum Gasteiger partial charge on any atom is -0.387 e. The molecule has 3 rings (SSSR count). The topological polar surface area (TPSA) is 309 Å². The first-order valence-electron chi connectivity index (χ1n) is 13.7. The molecule has 0 spiro atoms. The summed E-state index contributed by atoms with van der Waals surface area (Å²) in [6, 6.07) is 0. The molecule has 23 heteroatoms. The molecule has 9 N–H and O–H groups in total. The Labute approximate surface area is 256 Å². The molecule has 1 aliphatic heterocycles. The number of phosphoric ester groups is 1. The van der Waals surface area contributed by atoms with Gasteiger partial charge in [0.1, 0.15) is 30.7 Å². The third-order valence-electron chi connectivity index (χ3n) is 6.60.